The van der Waals surface area contributed by atoms with Crippen LogP contribution in [0.4, 0.5) is 5.69 Å². The maximum atomic E-state index is 12.5. The molecular formula is C17H17NO3S. The molecule has 2 aromatic carbocycles. The van der Waals surface area contributed by atoms with E-state index in [0.717, 1.165) is 5.69 Å². The van der Waals surface area contributed by atoms with Gasteiger partial charge in [-0.2, -0.15) is 0 Å². The molecule has 0 spiro atoms. The summed E-state index contributed by atoms with van der Waals surface area (Å²) in [5, 5.41) is 8.81. The molecule has 1 atom stereocenters. The van der Waals surface area contributed by atoms with Crippen molar-refractivity contribution in [3.05, 3.63) is 60.2 Å². The van der Waals surface area contributed by atoms with Gasteiger partial charge in [-0.3, -0.25) is 4.79 Å². The second kappa shape index (κ2) is 7.13. The molecule has 0 aliphatic rings. The summed E-state index contributed by atoms with van der Waals surface area (Å²) in [4.78, 5) is 25.9. The third-order valence-electron chi connectivity index (χ3n) is 3.24. The number of carboxylic acids is 1. The number of nitrogens with zero attached hydrogens (tertiary/aromatic N) is 1. The zero-order chi connectivity index (χ0) is 16.1. The van der Waals surface area contributed by atoms with E-state index in [9.17, 15) is 14.7 Å². The van der Waals surface area contributed by atoms with Crippen molar-refractivity contribution in [2.45, 2.75) is 17.1 Å². The Balaban J connectivity index is 2.14. The summed E-state index contributed by atoms with van der Waals surface area (Å²) in [5.74, 6) is -1.06. The van der Waals surface area contributed by atoms with Crippen molar-refractivity contribution in [2.24, 2.45) is 0 Å². The number of hydrogen-bond donors (Lipinski definition) is 1. The molecule has 0 bridgehead atoms. The lowest BCUT2D eigenvalue weighted by molar-refractivity contribution is -0.117. The van der Waals surface area contributed by atoms with Gasteiger partial charge in [-0.15, -0.1) is 11.8 Å². The summed E-state index contributed by atoms with van der Waals surface area (Å²) < 4.78 is 0. The van der Waals surface area contributed by atoms with Gasteiger partial charge in [0.05, 0.1) is 10.8 Å². The van der Waals surface area contributed by atoms with Gasteiger partial charge in [0.25, 0.3) is 0 Å². The minimum absolute atomic E-state index is 0.0728. The summed E-state index contributed by atoms with van der Waals surface area (Å²) in [6.07, 6.45) is 0. The molecule has 0 aromatic heterocycles. The van der Waals surface area contributed by atoms with E-state index >= 15 is 0 Å². The molecule has 114 valence electrons. The lowest BCUT2D eigenvalue weighted by atomic mass is 10.2. The predicted molar refractivity (Wildman–Crippen MR) is 88.6 cm³/mol. The van der Waals surface area contributed by atoms with Crippen LogP contribution in [0.3, 0.4) is 0 Å². The van der Waals surface area contributed by atoms with Crippen LogP contribution in [0, 0.1) is 0 Å². The predicted octanol–water partition coefficient (Wildman–Crippen LogP) is 3.53. The number of carbonyl (C=O) groups excluding carboxylic acids is 1. The first-order valence-electron chi connectivity index (χ1n) is 6.82. The van der Waals surface area contributed by atoms with E-state index in [1.54, 1.807) is 43.1 Å². The van der Waals surface area contributed by atoms with Gasteiger partial charge in [-0.1, -0.05) is 30.3 Å². The van der Waals surface area contributed by atoms with Crippen LogP contribution in [-0.4, -0.2) is 29.3 Å². The number of benzene rings is 2. The van der Waals surface area contributed by atoms with E-state index in [1.807, 2.05) is 30.3 Å². The second-order valence-corrected chi connectivity index (χ2v) is 6.18. The SMILES string of the molecule is C[C@@H](Sc1ccccc1C(=O)O)C(=O)N(C)c1ccccc1. The lowest BCUT2D eigenvalue weighted by Crippen LogP contribution is -2.33. The summed E-state index contributed by atoms with van der Waals surface area (Å²) in [5.41, 5.74) is 1.03. The largest absolute Gasteiger partial charge is 0.478 e. The van der Waals surface area contributed by atoms with Crippen molar-refractivity contribution in [1.29, 1.82) is 0 Å². The molecule has 0 fully saturated rings. The third kappa shape index (κ3) is 3.68. The molecule has 2 rings (SSSR count). The molecular weight excluding hydrogens is 298 g/mol. The van der Waals surface area contributed by atoms with E-state index in [2.05, 4.69) is 0 Å². The number of para-hydroxylation sites is 1. The van der Waals surface area contributed by atoms with E-state index in [-0.39, 0.29) is 16.7 Å². The Morgan fingerprint density at radius 2 is 1.64 bits per heavy atom. The molecule has 4 nitrogen and oxygen atoms in total. The number of carboxylic acid groups (broad SMARTS) is 1. The van der Waals surface area contributed by atoms with Gasteiger partial charge in [-0.05, 0) is 31.2 Å². The number of thioether (sulfide) groups is 1. The molecule has 22 heavy (non-hydrogen) atoms. The summed E-state index contributed by atoms with van der Waals surface area (Å²) in [7, 11) is 1.72. The zero-order valence-electron chi connectivity index (χ0n) is 12.4. The molecule has 0 aliphatic carbocycles. The summed E-state index contributed by atoms with van der Waals surface area (Å²) in [6.45, 7) is 1.78. The van der Waals surface area contributed by atoms with Gasteiger partial charge in [0, 0.05) is 17.6 Å². The van der Waals surface area contributed by atoms with Crippen LogP contribution in [-0.2, 0) is 4.79 Å². The van der Waals surface area contributed by atoms with Crippen molar-refractivity contribution in [2.75, 3.05) is 11.9 Å². The number of rotatable bonds is 5. The van der Waals surface area contributed by atoms with E-state index in [0.29, 0.717) is 4.90 Å². The van der Waals surface area contributed by atoms with Crippen LogP contribution in [0.25, 0.3) is 0 Å². The van der Waals surface area contributed by atoms with Gasteiger partial charge in [0.2, 0.25) is 5.91 Å². The fraction of sp³-hybridized carbons (Fsp3) is 0.176. The Morgan fingerprint density at radius 3 is 2.27 bits per heavy atom. The number of amides is 1. The molecule has 1 amide bonds. The zero-order valence-corrected chi connectivity index (χ0v) is 13.2. The number of anilines is 1. The monoisotopic (exact) mass is 315 g/mol. The van der Waals surface area contributed by atoms with Crippen LogP contribution >= 0.6 is 11.8 Å². The van der Waals surface area contributed by atoms with Crippen molar-refractivity contribution in [1.82, 2.24) is 0 Å². The maximum Gasteiger partial charge on any atom is 0.336 e. The van der Waals surface area contributed by atoms with E-state index in [1.165, 1.54) is 11.8 Å². The van der Waals surface area contributed by atoms with Gasteiger partial charge >= 0.3 is 5.97 Å². The average Bonchev–Trinajstić information content (AvgIpc) is 2.54. The number of carbonyl (C=O) groups is 2. The molecule has 0 heterocycles. The number of hydrogen-bond acceptors (Lipinski definition) is 3. The highest BCUT2D eigenvalue weighted by Crippen LogP contribution is 2.28. The van der Waals surface area contributed by atoms with Gasteiger partial charge in [0.15, 0.2) is 0 Å². The Kier molecular flexibility index (Phi) is 5.22. The minimum atomic E-state index is -0.987. The molecule has 0 saturated carbocycles. The van der Waals surface area contributed by atoms with Crippen LogP contribution in [0.1, 0.15) is 17.3 Å². The van der Waals surface area contributed by atoms with Gasteiger partial charge in [0.1, 0.15) is 0 Å². The highest BCUT2D eigenvalue weighted by Gasteiger charge is 2.21. The van der Waals surface area contributed by atoms with Crippen molar-refractivity contribution in [3.63, 3.8) is 0 Å². The Bertz CT molecular complexity index is 673. The van der Waals surface area contributed by atoms with Crippen LogP contribution in [0.5, 0.6) is 0 Å². The Hall–Kier alpha value is -2.27. The first kappa shape index (κ1) is 16.1. The van der Waals surface area contributed by atoms with E-state index < -0.39 is 5.97 Å². The van der Waals surface area contributed by atoms with Crippen LogP contribution in [0.2, 0.25) is 0 Å². The molecule has 0 radical (unpaired) electrons. The Labute approximate surface area is 133 Å². The molecule has 0 aliphatic heterocycles. The molecule has 0 saturated heterocycles. The van der Waals surface area contributed by atoms with Crippen molar-refractivity contribution >= 4 is 29.3 Å². The summed E-state index contributed by atoms with van der Waals surface area (Å²) >= 11 is 1.26. The summed E-state index contributed by atoms with van der Waals surface area (Å²) in [6, 6.07) is 16.1. The van der Waals surface area contributed by atoms with Crippen molar-refractivity contribution < 1.29 is 14.7 Å². The third-order valence-corrected chi connectivity index (χ3v) is 4.41. The average molecular weight is 315 g/mol. The van der Waals surface area contributed by atoms with Crippen LogP contribution in [0.15, 0.2) is 59.5 Å². The highest BCUT2D eigenvalue weighted by atomic mass is 32.2. The Morgan fingerprint density at radius 1 is 1.05 bits per heavy atom. The van der Waals surface area contributed by atoms with Gasteiger partial charge in [-0.25, -0.2) is 4.79 Å². The smallest absolute Gasteiger partial charge is 0.336 e. The standard InChI is InChI=1S/C17H17NO3S/c1-12(16(19)18(2)13-8-4-3-5-9-13)22-15-11-7-6-10-14(15)17(20)21/h3-12H,1-2H3,(H,20,21)/t12-/m1/s1. The normalized spacial score (nSPS) is 11.7. The fourth-order valence-electron chi connectivity index (χ4n) is 2.04. The van der Waals surface area contributed by atoms with E-state index in [4.69, 9.17) is 0 Å². The van der Waals surface area contributed by atoms with Gasteiger partial charge < -0.3 is 10.0 Å². The van der Waals surface area contributed by atoms with Crippen LogP contribution < -0.4 is 4.90 Å². The number of aromatic carboxylic acids is 1. The lowest BCUT2D eigenvalue weighted by Gasteiger charge is -2.21. The maximum absolute atomic E-state index is 12.5. The molecule has 5 heteroatoms. The quantitative estimate of drug-likeness (QED) is 0.858. The molecule has 1 N–H and O–H groups in total. The fourth-order valence-corrected chi connectivity index (χ4v) is 3.12. The first-order valence-corrected chi connectivity index (χ1v) is 7.70. The topological polar surface area (TPSA) is 57.6 Å². The van der Waals surface area contributed by atoms with Crippen molar-refractivity contribution in [3.8, 4) is 0 Å². The highest BCUT2D eigenvalue weighted by molar-refractivity contribution is 8.00. The first-order chi connectivity index (χ1) is 10.5. The minimum Gasteiger partial charge on any atom is -0.478 e. The second-order valence-electron chi connectivity index (χ2n) is 4.79. The molecule has 0 unspecified atom stereocenters. The molecule has 2 aromatic rings.